The summed E-state index contributed by atoms with van der Waals surface area (Å²) in [4.78, 5) is 4.58. The van der Waals surface area contributed by atoms with E-state index >= 15 is 0 Å². The molecule has 2 rings (SSSR count). The molecule has 1 aliphatic heterocycles. The van der Waals surface area contributed by atoms with Crippen molar-refractivity contribution in [3.8, 4) is 5.75 Å². The van der Waals surface area contributed by atoms with Crippen LogP contribution in [0.25, 0.3) is 0 Å². The Morgan fingerprint density at radius 3 is 2.75 bits per heavy atom. The molecular formula is C13H17NO2. The normalized spacial score (nSPS) is 19.5. The predicted molar refractivity (Wildman–Crippen MR) is 64.0 cm³/mol. The molecule has 0 bridgehead atoms. The summed E-state index contributed by atoms with van der Waals surface area (Å²) in [5.74, 6) is 2.07. The van der Waals surface area contributed by atoms with E-state index in [1.165, 1.54) is 0 Å². The first-order valence-electron chi connectivity index (χ1n) is 5.55. The lowest BCUT2D eigenvalue weighted by Crippen LogP contribution is -2.06. The van der Waals surface area contributed by atoms with Gasteiger partial charge in [-0.05, 0) is 6.07 Å². The maximum absolute atomic E-state index is 5.58. The Balaban J connectivity index is 2.26. The number of ether oxygens (including phenoxy) is 2. The average molecular weight is 219 g/mol. The molecular weight excluding hydrogens is 202 g/mol. The van der Waals surface area contributed by atoms with Crippen LogP contribution < -0.4 is 4.74 Å². The van der Waals surface area contributed by atoms with Crippen LogP contribution in [0.4, 0.5) is 0 Å². The highest BCUT2D eigenvalue weighted by molar-refractivity contribution is 5.79. The molecule has 0 amide bonds. The fourth-order valence-corrected chi connectivity index (χ4v) is 1.81. The van der Waals surface area contributed by atoms with E-state index in [9.17, 15) is 0 Å². The Morgan fingerprint density at radius 1 is 1.38 bits per heavy atom. The van der Waals surface area contributed by atoms with Gasteiger partial charge in [-0.25, -0.2) is 4.99 Å². The molecule has 1 heterocycles. The molecule has 1 aliphatic rings. The van der Waals surface area contributed by atoms with Gasteiger partial charge in [0, 0.05) is 11.5 Å². The lowest BCUT2D eigenvalue weighted by atomic mass is 10.1. The highest BCUT2D eigenvalue weighted by Crippen LogP contribution is 2.31. The van der Waals surface area contributed by atoms with Gasteiger partial charge in [0.2, 0.25) is 0 Å². The zero-order valence-corrected chi connectivity index (χ0v) is 9.93. The third-order valence-electron chi connectivity index (χ3n) is 2.66. The smallest absolute Gasteiger partial charge is 0.186 e. The molecule has 86 valence electrons. The van der Waals surface area contributed by atoms with Crippen LogP contribution in [0.1, 0.15) is 25.5 Å². The highest BCUT2D eigenvalue weighted by atomic mass is 16.5. The molecule has 0 aromatic heterocycles. The maximum Gasteiger partial charge on any atom is 0.186 e. The summed E-state index contributed by atoms with van der Waals surface area (Å²) in [7, 11) is 1.68. The molecule has 1 aromatic carbocycles. The number of benzene rings is 1. The summed E-state index contributed by atoms with van der Waals surface area (Å²) >= 11 is 0. The molecule has 3 heteroatoms. The van der Waals surface area contributed by atoms with Gasteiger partial charge in [0.25, 0.3) is 0 Å². The number of nitrogens with zero attached hydrogens (tertiary/aromatic N) is 1. The van der Waals surface area contributed by atoms with E-state index < -0.39 is 0 Å². The van der Waals surface area contributed by atoms with Gasteiger partial charge in [0.05, 0.1) is 7.11 Å². The number of hydrogen-bond acceptors (Lipinski definition) is 3. The number of para-hydroxylation sites is 1. The topological polar surface area (TPSA) is 30.8 Å². The Morgan fingerprint density at radius 2 is 2.12 bits per heavy atom. The van der Waals surface area contributed by atoms with Crippen LogP contribution in [0.5, 0.6) is 5.75 Å². The molecule has 1 atom stereocenters. The third-order valence-corrected chi connectivity index (χ3v) is 2.66. The number of hydrogen-bond donors (Lipinski definition) is 0. The number of methoxy groups -OCH3 is 1. The number of rotatable bonds is 3. The van der Waals surface area contributed by atoms with E-state index in [4.69, 9.17) is 9.47 Å². The Bertz CT molecular complexity index is 399. The van der Waals surface area contributed by atoms with Crippen molar-refractivity contribution < 1.29 is 9.47 Å². The van der Waals surface area contributed by atoms with Crippen LogP contribution in [0.2, 0.25) is 0 Å². The van der Waals surface area contributed by atoms with Crippen LogP contribution in [-0.2, 0) is 4.74 Å². The van der Waals surface area contributed by atoms with Crippen molar-refractivity contribution in [3.63, 3.8) is 0 Å². The van der Waals surface area contributed by atoms with Crippen molar-refractivity contribution in [2.45, 2.75) is 19.9 Å². The van der Waals surface area contributed by atoms with Gasteiger partial charge >= 0.3 is 0 Å². The minimum atomic E-state index is 0.0774. The lowest BCUT2D eigenvalue weighted by molar-refractivity contribution is 0.300. The second-order valence-corrected chi connectivity index (χ2v) is 4.19. The van der Waals surface area contributed by atoms with E-state index in [0.29, 0.717) is 12.5 Å². The van der Waals surface area contributed by atoms with Crippen molar-refractivity contribution >= 4 is 5.90 Å². The highest BCUT2D eigenvalue weighted by Gasteiger charge is 2.24. The predicted octanol–water partition coefficient (Wildman–Crippen LogP) is 2.82. The summed E-state index contributed by atoms with van der Waals surface area (Å²) in [6, 6.07) is 8.04. The summed E-state index contributed by atoms with van der Waals surface area (Å²) < 4.78 is 10.9. The minimum absolute atomic E-state index is 0.0774. The Hall–Kier alpha value is -1.51. The second kappa shape index (κ2) is 4.56. The molecule has 0 radical (unpaired) electrons. The van der Waals surface area contributed by atoms with E-state index in [1.54, 1.807) is 7.11 Å². The standard InChI is InChI=1S/C13H17NO2/c1-9(2)13-14-11(8-16-13)10-6-4-5-7-12(10)15-3/h4-7,9,11H,8H2,1-3H3. The molecule has 1 unspecified atom stereocenters. The van der Waals surface area contributed by atoms with Gasteiger partial charge in [-0.15, -0.1) is 0 Å². The summed E-state index contributed by atoms with van der Waals surface area (Å²) in [6.45, 7) is 4.79. The zero-order valence-electron chi connectivity index (χ0n) is 9.93. The van der Waals surface area contributed by atoms with Crippen LogP contribution in [-0.4, -0.2) is 19.6 Å². The van der Waals surface area contributed by atoms with Crippen LogP contribution in [0.15, 0.2) is 29.3 Å². The number of aliphatic imine (C=N–C) groups is 1. The Labute approximate surface area is 96.1 Å². The first kappa shape index (κ1) is 11.0. The fourth-order valence-electron chi connectivity index (χ4n) is 1.81. The molecule has 0 N–H and O–H groups in total. The molecule has 0 aliphatic carbocycles. The van der Waals surface area contributed by atoms with Crippen LogP contribution >= 0.6 is 0 Å². The van der Waals surface area contributed by atoms with Gasteiger partial charge in [-0.1, -0.05) is 32.0 Å². The van der Waals surface area contributed by atoms with Crippen molar-refractivity contribution in [2.24, 2.45) is 10.9 Å². The van der Waals surface area contributed by atoms with Gasteiger partial charge in [-0.2, -0.15) is 0 Å². The van der Waals surface area contributed by atoms with E-state index in [1.807, 2.05) is 24.3 Å². The van der Waals surface area contributed by atoms with E-state index in [-0.39, 0.29) is 6.04 Å². The molecule has 1 aromatic rings. The molecule has 16 heavy (non-hydrogen) atoms. The zero-order chi connectivity index (χ0) is 11.5. The fraction of sp³-hybridized carbons (Fsp3) is 0.462. The van der Waals surface area contributed by atoms with Crippen molar-refractivity contribution in [2.75, 3.05) is 13.7 Å². The van der Waals surface area contributed by atoms with Crippen molar-refractivity contribution in [1.82, 2.24) is 0 Å². The van der Waals surface area contributed by atoms with Gasteiger partial charge in [0.15, 0.2) is 5.90 Å². The summed E-state index contributed by atoms with van der Waals surface area (Å²) in [5.41, 5.74) is 1.10. The van der Waals surface area contributed by atoms with Crippen LogP contribution in [0.3, 0.4) is 0 Å². The first-order chi connectivity index (χ1) is 7.72. The summed E-state index contributed by atoms with van der Waals surface area (Å²) in [6.07, 6.45) is 0. The van der Waals surface area contributed by atoms with Gasteiger partial charge < -0.3 is 9.47 Å². The maximum atomic E-state index is 5.58. The monoisotopic (exact) mass is 219 g/mol. The molecule has 3 nitrogen and oxygen atoms in total. The van der Waals surface area contributed by atoms with Crippen LogP contribution in [0, 0.1) is 5.92 Å². The van der Waals surface area contributed by atoms with Gasteiger partial charge in [-0.3, -0.25) is 0 Å². The second-order valence-electron chi connectivity index (χ2n) is 4.19. The third kappa shape index (κ3) is 2.03. The lowest BCUT2D eigenvalue weighted by Gasteiger charge is -2.10. The molecule has 0 fully saturated rings. The largest absolute Gasteiger partial charge is 0.496 e. The Kier molecular flexibility index (Phi) is 3.13. The quantitative estimate of drug-likeness (QED) is 0.782. The van der Waals surface area contributed by atoms with Gasteiger partial charge in [0.1, 0.15) is 18.4 Å². The summed E-state index contributed by atoms with van der Waals surface area (Å²) in [5, 5.41) is 0. The molecule has 0 spiro atoms. The molecule has 0 saturated heterocycles. The van der Waals surface area contributed by atoms with Crippen molar-refractivity contribution in [1.29, 1.82) is 0 Å². The first-order valence-corrected chi connectivity index (χ1v) is 5.55. The SMILES string of the molecule is COc1ccccc1C1COC(C(C)C)=N1. The van der Waals surface area contributed by atoms with E-state index in [2.05, 4.69) is 18.8 Å². The molecule has 0 saturated carbocycles. The van der Waals surface area contributed by atoms with E-state index in [0.717, 1.165) is 17.2 Å². The minimum Gasteiger partial charge on any atom is -0.496 e. The van der Waals surface area contributed by atoms with Crippen molar-refractivity contribution in [3.05, 3.63) is 29.8 Å². The average Bonchev–Trinajstić information content (AvgIpc) is 2.78.